The van der Waals surface area contributed by atoms with Crippen molar-refractivity contribution in [1.82, 2.24) is 13.6 Å². The fraction of sp³-hybridized carbons (Fsp3) is 0.385. The van der Waals surface area contributed by atoms with Crippen molar-refractivity contribution < 1.29 is 14.7 Å². The number of rotatable bonds is 6. The maximum atomic E-state index is 12.0. The summed E-state index contributed by atoms with van der Waals surface area (Å²) in [6, 6.07) is 5.40. The standard InChI is InChI=1S/C13H16N4O3S/c1-8(13(19)20)6-17(2)7-11(18)14-9-4-3-5-10-12(9)16-21-15-10/h3-5,8H,6-7H2,1-2H3,(H,14,18)(H,19,20). The van der Waals surface area contributed by atoms with E-state index < -0.39 is 11.9 Å². The molecule has 1 unspecified atom stereocenters. The van der Waals surface area contributed by atoms with E-state index in [1.165, 1.54) is 0 Å². The molecule has 0 spiro atoms. The quantitative estimate of drug-likeness (QED) is 0.834. The number of fused-ring (bicyclic) bond motifs is 1. The Morgan fingerprint density at radius 2 is 2.19 bits per heavy atom. The molecule has 1 amide bonds. The third kappa shape index (κ3) is 3.96. The number of amides is 1. The number of nitrogens with one attached hydrogen (secondary N) is 1. The Morgan fingerprint density at radius 1 is 1.43 bits per heavy atom. The highest BCUT2D eigenvalue weighted by Gasteiger charge is 2.16. The summed E-state index contributed by atoms with van der Waals surface area (Å²) in [5.74, 6) is -1.61. The van der Waals surface area contributed by atoms with E-state index in [1.54, 1.807) is 31.0 Å². The van der Waals surface area contributed by atoms with E-state index in [0.717, 1.165) is 17.2 Å². The smallest absolute Gasteiger partial charge is 0.307 e. The van der Waals surface area contributed by atoms with E-state index in [-0.39, 0.29) is 12.5 Å². The number of carboxylic acids is 1. The van der Waals surface area contributed by atoms with Crippen LogP contribution in [0.1, 0.15) is 6.92 Å². The van der Waals surface area contributed by atoms with Gasteiger partial charge in [0.1, 0.15) is 11.0 Å². The Morgan fingerprint density at radius 3 is 2.90 bits per heavy atom. The van der Waals surface area contributed by atoms with Crippen LogP contribution in [0.3, 0.4) is 0 Å². The molecule has 1 atom stereocenters. The van der Waals surface area contributed by atoms with E-state index in [4.69, 9.17) is 5.11 Å². The summed E-state index contributed by atoms with van der Waals surface area (Å²) < 4.78 is 8.26. The van der Waals surface area contributed by atoms with Crippen molar-refractivity contribution in [2.24, 2.45) is 5.92 Å². The number of hydrogen-bond acceptors (Lipinski definition) is 6. The highest BCUT2D eigenvalue weighted by Crippen LogP contribution is 2.20. The Balaban J connectivity index is 1.95. The van der Waals surface area contributed by atoms with Crippen LogP contribution in [-0.4, -0.2) is 50.8 Å². The van der Waals surface area contributed by atoms with Gasteiger partial charge in [-0.05, 0) is 19.2 Å². The van der Waals surface area contributed by atoms with Gasteiger partial charge in [-0.2, -0.15) is 8.75 Å². The molecule has 1 heterocycles. The largest absolute Gasteiger partial charge is 0.481 e. The van der Waals surface area contributed by atoms with Gasteiger partial charge in [-0.25, -0.2) is 0 Å². The zero-order valence-electron chi connectivity index (χ0n) is 11.7. The first-order chi connectivity index (χ1) is 9.97. The number of likely N-dealkylation sites (N-methyl/N-ethyl adjacent to an activating group) is 1. The van der Waals surface area contributed by atoms with Crippen molar-refractivity contribution in [1.29, 1.82) is 0 Å². The lowest BCUT2D eigenvalue weighted by molar-refractivity contribution is -0.141. The van der Waals surface area contributed by atoms with Crippen LogP contribution in [-0.2, 0) is 9.59 Å². The molecule has 0 fully saturated rings. The summed E-state index contributed by atoms with van der Waals surface area (Å²) in [7, 11) is 1.71. The normalized spacial score (nSPS) is 12.5. The molecule has 0 saturated heterocycles. The summed E-state index contributed by atoms with van der Waals surface area (Å²) in [5.41, 5.74) is 2.02. The van der Waals surface area contributed by atoms with E-state index in [2.05, 4.69) is 14.1 Å². The zero-order chi connectivity index (χ0) is 15.4. The Kier molecular flexibility index (Phi) is 4.81. The number of benzene rings is 1. The van der Waals surface area contributed by atoms with Gasteiger partial charge in [0.05, 0.1) is 29.9 Å². The second-order valence-corrected chi connectivity index (χ2v) is 5.45. The predicted octanol–water partition coefficient (Wildman–Crippen LogP) is 1.28. The van der Waals surface area contributed by atoms with Crippen molar-refractivity contribution in [3.05, 3.63) is 18.2 Å². The van der Waals surface area contributed by atoms with Gasteiger partial charge in [0.25, 0.3) is 0 Å². The molecule has 21 heavy (non-hydrogen) atoms. The molecule has 2 N–H and O–H groups in total. The highest BCUT2D eigenvalue weighted by molar-refractivity contribution is 7.00. The maximum Gasteiger partial charge on any atom is 0.307 e. The van der Waals surface area contributed by atoms with Crippen LogP contribution < -0.4 is 5.32 Å². The third-order valence-electron chi connectivity index (χ3n) is 2.98. The molecule has 0 aliphatic rings. The number of aliphatic carboxylic acids is 1. The minimum atomic E-state index is -0.874. The number of aromatic nitrogens is 2. The number of carbonyl (C=O) groups is 2. The van der Waals surface area contributed by atoms with E-state index in [1.807, 2.05) is 6.07 Å². The monoisotopic (exact) mass is 308 g/mol. The summed E-state index contributed by atoms with van der Waals surface area (Å²) in [6.07, 6.45) is 0. The molecular formula is C13H16N4O3S. The molecule has 2 rings (SSSR count). The Hall–Kier alpha value is -2.06. The second kappa shape index (κ2) is 6.59. The number of carbonyl (C=O) groups excluding carboxylic acids is 1. The van der Waals surface area contributed by atoms with E-state index >= 15 is 0 Å². The van der Waals surface area contributed by atoms with Crippen molar-refractivity contribution in [3.8, 4) is 0 Å². The highest BCUT2D eigenvalue weighted by atomic mass is 32.1. The summed E-state index contributed by atoms with van der Waals surface area (Å²) in [6.45, 7) is 2.04. The fourth-order valence-electron chi connectivity index (χ4n) is 1.95. The Labute approximate surface area is 125 Å². The lowest BCUT2D eigenvalue weighted by Gasteiger charge is -2.18. The molecule has 0 bridgehead atoms. The number of hydrogen-bond donors (Lipinski definition) is 2. The maximum absolute atomic E-state index is 12.0. The van der Waals surface area contributed by atoms with Gasteiger partial charge in [0, 0.05) is 6.54 Å². The number of carboxylic acid groups (broad SMARTS) is 1. The number of anilines is 1. The van der Waals surface area contributed by atoms with Gasteiger partial charge in [-0.15, -0.1) is 0 Å². The van der Waals surface area contributed by atoms with Crippen LogP contribution in [0, 0.1) is 5.92 Å². The molecule has 0 saturated carbocycles. The molecule has 2 aromatic rings. The van der Waals surface area contributed by atoms with Gasteiger partial charge in [-0.1, -0.05) is 13.0 Å². The van der Waals surface area contributed by atoms with Crippen molar-refractivity contribution in [2.75, 3.05) is 25.5 Å². The SMILES string of the molecule is CC(CN(C)CC(=O)Nc1cccc2nsnc12)C(=O)O. The van der Waals surface area contributed by atoms with E-state index in [9.17, 15) is 9.59 Å². The first-order valence-corrected chi connectivity index (χ1v) is 7.13. The summed E-state index contributed by atoms with van der Waals surface area (Å²) >= 11 is 1.09. The molecule has 0 aliphatic carbocycles. The zero-order valence-corrected chi connectivity index (χ0v) is 12.6. The van der Waals surface area contributed by atoms with Crippen LogP contribution in [0.25, 0.3) is 11.0 Å². The topological polar surface area (TPSA) is 95.4 Å². The van der Waals surface area contributed by atoms with Gasteiger partial charge < -0.3 is 10.4 Å². The molecule has 7 nitrogen and oxygen atoms in total. The van der Waals surface area contributed by atoms with Gasteiger partial charge in [0.2, 0.25) is 5.91 Å². The van der Waals surface area contributed by atoms with Crippen molar-refractivity contribution in [2.45, 2.75) is 6.92 Å². The molecule has 1 aromatic carbocycles. The molecule has 0 radical (unpaired) electrons. The van der Waals surface area contributed by atoms with Gasteiger partial charge in [0.15, 0.2) is 0 Å². The lowest BCUT2D eigenvalue weighted by atomic mass is 10.2. The second-order valence-electron chi connectivity index (χ2n) is 4.92. The van der Waals surface area contributed by atoms with Crippen molar-refractivity contribution >= 4 is 40.3 Å². The van der Waals surface area contributed by atoms with Gasteiger partial charge >= 0.3 is 5.97 Å². The van der Waals surface area contributed by atoms with Crippen LogP contribution in [0.4, 0.5) is 5.69 Å². The van der Waals surface area contributed by atoms with Crippen LogP contribution in [0.15, 0.2) is 18.2 Å². The van der Waals surface area contributed by atoms with Crippen molar-refractivity contribution in [3.63, 3.8) is 0 Å². The molecule has 8 heteroatoms. The van der Waals surface area contributed by atoms with Crippen LogP contribution >= 0.6 is 11.7 Å². The average Bonchev–Trinajstić information content (AvgIpc) is 2.87. The molecular weight excluding hydrogens is 292 g/mol. The number of nitrogens with zero attached hydrogens (tertiary/aromatic N) is 3. The lowest BCUT2D eigenvalue weighted by Crippen LogP contribution is -2.35. The van der Waals surface area contributed by atoms with Crippen LogP contribution in [0.2, 0.25) is 0 Å². The van der Waals surface area contributed by atoms with Gasteiger partial charge in [-0.3, -0.25) is 14.5 Å². The molecule has 0 aliphatic heterocycles. The summed E-state index contributed by atoms with van der Waals surface area (Å²) in [5, 5.41) is 11.6. The summed E-state index contributed by atoms with van der Waals surface area (Å²) in [4.78, 5) is 24.5. The van der Waals surface area contributed by atoms with Crippen LogP contribution in [0.5, 0.6) is 0 Å². The Bertz CT molecular complexity index is 658. The first kappa shape index (κ1) is 15.3. The minimum Gasteiger partial charge on any atom is -0.481 e. The van der Waals surface area contributed by atoms with E-state index in [0.29, 0.717) is 17.7 Å². The predicted molar refractivity (Wildman–Crippen MR) is 80.3 cm³/mol. The molecule has 112 valence electrons. The minimum absolute atomic E-state index is 0.117. The molecule has 1 aromatic heterocycles. The fourth-order valence-corrected chi connectivity index (χ4v) is 2.50. The first-order valence-electron chi connectivity index (χ1n) is 6.40. The average molecular weight is 308 g/mol. The third-order valence-corrected chi connectivity index (χ3v) is 3.52.